The Morgan fingerprint density at radius 3 is 2.52 bits per heavy atom. The molecule has 0 bridgehead atoms. The molecule has 0 unspecified atom stereocenters. The molecule has 0 saturated carbocycles. The molecular formula is C27H19NO3. The molecule has 1 aliphatic rings. The van der Waals surface area contributed by atoms with E-state index < -0.39 is 5.97 Å². The van der Waals surface area contributed by atoms with Crippen molar-refractivity contribution in [3.05, 3.63) is 119 Å². The van der Waals surface area contributed by atoms with Crippen LogP contribution in [0.4, 0.5) is 0 Å². The summed E-state index contributed by atoms with van der Waals surface area (Å²) < 4.78 is 11.4. The van der Waals surface area contributed by atoms with Crippen molar-refractivity contribution in [3.63, 3.8) is 0 Å². The molecule has 0 N–H and O–H groups in total. The first-order valence-electron chi connectivity index (χ1n) is 10.0. The lowest BCUT2D eigenvalue weighted by atomic mass is 10.0. The molecule has 0 saturated heterocycles. The van der Waals surface area contributed by atoms with Crippen molar-refractivity contribution in [1.82, 2.24) is 0 Å². The van der Waals surface area contributed by atoms with Gasteiger partial charge in [0, 0.05) is 5.56 Å². The number of nitrogens with zero attached hydrogens (tertiary/aromatic N) is 1. The fourth-order valence-corrected chi connectivity index (χ4v) is 3.53. The van der Waals surface area contributed by atoms with Crippen molar-refractivity contribution < 1.29 is 14.3 Å². The molecule has 4 aromatic carbocycles. The summed E-state index contributed by atoms with van der Waals surface area (Å²) in [6.07, 6.45) is 1.72. The second-order valence-corrected chi connectivity index (χ2v) is 7.21. The number of carbonyl (C=O) groups excluding carboxylic acids is 1. The zero-order valence-electron chi connectivity index (χ0n) is 16.7. The van der Waals surface area contributed by atoms with Gasteiger partial charge in [0.25, 0.3) is 0 Å². The lowest BCUT2D eigenvalue weighted by Gasteiger charge is -2.07. The van der Waals surface area contributed by atoms with Crippen LogP contribution < -0.4 is 4.74 Å². The Labute approximate surface area is 180 Å². The maximum Gasteiger partial charge on any atom is 0.363 e. The van der Waals surface area contributed by atoms with Gasteiger partial charge in [-0.3, -0.25) is 0 Å². The van der Waals surface area contributed by atoms with E-state index in [1.807, 2.05) is 97.1 Å². The molecule has 4 aromatic rings. The monoisotopic (exact) mass is 405 g/mol. The van der Waals surface area contributed by atoms with Crippen molar-refractivity contribution in [2.45, 2.75) is 6.61 Å². The van der Waals surface area contributed by atoms with Gasteiger partial charge in [0.2, 0.25) is 5.90 Å². The van der Waals surface area contributed by atoms with Gasteiger partial charge in [-0.15, -0.1) is 0 Å². The lowest BCUT2D eigenvalue weighted by Crippen LogP contribution is -2.05. The maximum atomic E-state index is 12.5. The quantitative estimate of drug-likeness (QED) is 0.313. The molecule has 1 heterocycles. The molecule has 0 aliphatic carbocycles. The van der Waals surface area contributed by atoms with E-state index in [-0.39, 0.29) is 5.70 Å². The van der Waals surface area contributed by atoms with Crippen LogP contribution in [0.1, 0.15) is 16.7 Å². The number of rotatable bonds is 5. The Hall–Kier alpha value is -4.18. The van der Waals surface area contributed by atoms with Gasteiger partial charge in [-0.2, -0.15) is 0 Å². The number of cyclic esters (lactones) is 1. The van der Waals surface area contributed by atoms with E-state index in [1.165, 1.54) is 0 Å². The van der Waals surface area contributed by atoms with Crippen LogP contribution in [-0.2, 0) is 16.1 Å². The minimum Gasteiger partial charge on any atom is -0.489 e. The number of aliphatic imine (C=N–C) groups is 1. The van der Waals surface area contributed by atoms with E-state index in [0.29, 0.717) is 12.5 Å². The maximum absolute atomic E-state index is 12.5. The van der Waals surface area contributed by atoms with E-state index in [2.05, 4.69) is 4.99 Å². The Kier molecular flexibility index (Phi) is 5.03. The van der Waals surface area contributed by atoms with E-state index >= 15 is 0 Å². The summed E-state index contributed by atoms with van der Waals surface area (Å²) in [5, 5.41) is 2.06. The third-order valence-electron chi connectivity index (χ3n) is 5.05. The molecule has 4 nitrogen and oxygen atoms in total. The highest BCUT2D eigenvalue weighted by Crippen LogP contribution is 2.25. The first kappa shape index (κ1) is 18.8. The Bertz CT molecular complexity index is 1320. The second kappa shape index (κ2) is 8.28. The van der Waals surface area contributed by atoms with Gasteiger partial charge in [-0.05, 0) is 46.2 Å². The van der Waals surface area contributed by atoms with Gasteiger partial charge < -0.3 is 9.47 Å². The smallest absolute Gasteiger partial charge is 0.363 e. The van der Waals surface area contributed by atoms with Crippen molar-refractivity contribution in [2.75, 3.05) is 0 Å². The van der Waals surface area contributed by atoms with Crippen LogP contribution in [0.15, 0.2) is 108 Å². The van der Waals surface area contributed by atoms with Crippen LogP contribution >= 0.6 is 0 Å². The average molecular weight is 405 g/mol. The molecule has 5 rings (SSSR count). The normalized spacial score (nSPS) is 14.5. The molecule has 4 heteroatoms. The molecule has 1 aliphatic heterocycles. The van der Waals surface area contributed by atoms with Crippen molar-refractivity contribution in [3.8, 4) is 5.75 Å². The minimum atomic E-state index is -0.460. The molecule has 0 atom stereocenters. The number of benzene rings is 4. The average Bonchev–Trinajstić information content (AvgIpc) is 3.18. The van der Waals surface area contributed by atoms with Gasteiger partial charge in [0.05, 0.1) is 0 Å². The fraction of sp³-hybridized carbons (Fsp3) is 0.0370. The summed E-state index contributed by atoms with van der Waals surface area (Å²) in [5.41, 5.74) is 2.98. The number of hydrogen-bond acceptors (Lipinski definition) is 4. The summed E-state index contributed by atoms with van der Waals surface area (Å²) in [7, 11) is 0. The standard InChI is InChI=1S/C27H19NO3/c29-27-25(28-26(31-27)24-15-7-12-21-11-4-5-14-23(21)24)17-20-10-6-13-22(16-20)30-18-19-8-2-1-3-9-19/h1-17H,18H2. The molecule has 0 spiro atoms. The van der Waals surface area contributed by atoms with Gasteiger partial charge in [-0.1, -0.05) is 78.9 Å². The molecule has 0 radical (unpaired) electrons. The van der Waals surface area contributed by atoms with Crippen molar-refractivity contribution in [1.29, 1.82) is 0 Å². The Balaban J connectivity index is 1.40. The first-order valence-corrected chi connectivity index (χ1v) is 10.0. The summed E-state index contributed by atoms with van der Waals surface area (Å²) >= 11 is 0. The number of carbonyl (C=O) groups is 1. The van der Waals surface area contributed by atoms with Crippen LogP contribution in [-0.4, -0.2) is 11.9 Å². The first-order chi connectivity index (χ1) is 15.3. The Morgan fingerprint density at radius 2 is 1.61 bits per heavy atom. The van der Waals surface area contributed by atoms with Crippen LogP contribution in [0, 0.1) is 0 Å². The molecule has 0 amide bonds. The lowest BCUT2D eigenvalue weighted by molar-refractivity contribution is -0.129. The predicted molar refractivity (Wildman–Crippen MR) is 122 cm³/mol. The number of fused-ring (bicyclic) bond motifs is 1. The molecular weight excluding hydrogens is 386 g/mol. The summed E-state index contributed by atoms with van der Waals surface area (Å²) in [6.45, 7) is 0.478. The second-order valence-electron chi connectivity index (χ2n) is 7.21. The van der Waals surface area contributed by atoms with Crippen molar-refractivity contribution >= 4 is 28.7 Å². The van der Waals surface area contributed by atoms with E-state index in [1.54, 1.807) is 6.08 Å². The topological polar surface area (TPSA) is 47.9 Å². The van der Waals surface area contributed by atoms with E-state index in [9.17, 15) is 4.79 Å². The van der Waals surface area contributed by atoms with Crippen LogP contribution in [0.3, 0.4) is 0 Å². The van der Waals surface area contributed by atoms with Gasteiger partial charge in [0.15, 0.2) is 5.70 Å². The molecule has 0 fully saturated rings. The number of esters is 1. The van der Waals surface area contributed by atoms with Gasteiger partial charge >= 0.3 is 5.97 Å². The fourth-order valence-electron chi connectivity index (χ4n) is 3.53. The summed E-state index contributed by atoms with van der Waals surface area (Å²) in [5.74, 6) is 0.589. The largest absolute Gasteiger partial charge is 0.489 e. The molecule has 0 aromatic heterocycles. The highest BCUT2D eigenvalue weighted by Gasteiger charge is 2.25. The predicted octanol–water partition coefficient (Wildman–Crippen LogP) is 5.76. The number of hydrogen-bond donors (Lipinski definition) is 0. The SMILES string of the molecule is O=C1OC(c2cccc3ccccc23)=NC1=Cc1cccc(OCc2ccccc2)c1. The highest BCUT2D eigenvalue weighted by atomic mass is 16.6. The number of ether oxygens (including phenoxy) is 2. The summed E-state index contributed by atoms with van der Waals surface area (Å²) in [6, 6.07) is 31.4. The van der Waals surface area contributed by atoms with Gasteiger partial charge in [0.1, 0.15) is 12.4 Å². The minimum absolute atomic E-state index is 0.267. The van der Waals surface area contributed by atoms with Crippen LogP contribution in [0.25, 0.3) is 16.8 Å². The summed E-state index contributed by atoms with van der Waals surface area (Å²) in [4.78, 5) is 16.9. The van der Waals surface area contributed by atoms with Gasteiger partial charge in [-0.25, -0.2) is 9.79 Å². The highest BCUT2D eigenvalue weighted by molar-refractivity contribution is 6.17. The van der Waals surface area contributed by atoms with Crippen LogP contribution in [0.2, 0.25) is 0 Å². The third kappa shape index (κ3) is 4.09. The van der Waals surface area contributed by atoms with E-state index in [4.69, 9.17) is 9.47 Å². The van der Waals surface area contributed by atoms with Crippen molar-refractivity contribution in [2.24, 2.45) is 4.99 Å². The van der Waals surface area contributed by atoms with E-state index in [0.717, 1.165) is 33.2 Å². The zero-order chi connectivity index (χ0) is 21.0. The van der Waals surface area contributed by atoms with Crippen LogP contribution in [0.5, 0.6) is 5.75 Å². The Morgan fingerprint density at radius 1 is 0.839 bits per heavy atom. The zero-order valence-corrected chi connectivity index (χ0v) is 16.7. The molecule has 150 valence electrons. The molecule has 31 heavy (non-hydrogen) atoms. The third-order valence-corrected chi connectivity index (χ3v) is 5.05.